The first-order valence-corrected chi connectivity index (χ1v) is 17.2. The molecule has 0 spiro atoms. The highest BCUT2D eigenvalue weighted by Gasteiger charge is 2.42. The third kappa shape index (κ3) is 3.84. The third-order valence-electron chi connectivity index (χ3n) is 11.2. The lowest BCUT2D eigenvalue weighted by Gasteiger charge is -2.23. The van der Waals surface area contributed by atoms with Crippen LogP contribution in [0.1, 0.15) is 49.9 Å². The highest BCUT2D eigenvalue weighted by Crippen LogP contribution is 2.57. The van der Waals surface area contributed by atoms with Gasteiger partial charge in [-0.05, 0) is 63.7 Å². The summed E-state index contributed by atoms with van der Waals surface area (Å²) in [7, 11) is 0. The fourth-order valence-corrected chi connectivity index (χ4v) is 8.81. The van der Waals surface area contributed by atoms with Gasteiger partial charge in [0.2, 0.25) is 0 Å². The predicted molar refractivity (Wildman–Crippen MR) is 202 cm³/mol. The standard InChI is InChI=1S/C46H35N3/c1-45(2)36-22-11-8-19-31(36)34-26-35-40(27-38(34)45)49(43-32-20-9-12-23-37(32)46(3,4)41(35)43)30-18-14-17-29(25-30)44-47-39-24-13-10-21-33(39)42(48-44)28-15-6-5-7-16-28/h5-27H,1-4H3. The average molecular weight is 630 g/mol. The van der Waals surface area contributed by atoms with Crippen LogP contribution in [0.5, 0.6) is 0 Å². The van der Waals surface area contributed by atoms with Crippen LogP contribution in [0.15, 0.2) is 140 Å². The first-order chi connectivity index (χ1) is 23.8. The monoisotopic (exact) mass is 629 g/mol. The van der Waals surface area contributed by atoms with Gasteiger partial charge in [-0.3, -0.25) is 0 Å². The van der Waals surface area contributed by atoms with Crippen LogP contribution >= 0.6 is 0 Å². The van der Waals surface area contributed by atoms with E-state index in [0.717, 1.165) is 39.2 Å². The Balaban J connectivity index is 1.25. The summed E-state index contributed by atoms with van der Waals surface area (Å²) in [6.45, 7) is 9.51. The summed E-state index contributed by atoms with van der Waals surface area (Å²) in [4.78, 5) is 10.3. The summed E-state index contributed by atoms with van der Waals surface area (Å²) in [5, 5.41) is 2.38. The van der Waals surface area contributed by atoms with Gasteiger partial charge in [-0.25, -0.2) is 9.97 Å². The SMILES string of the molecule is CC1(C)c2ccccc2-c2cc3c4c(n(-c5cccc(-c6nc(-c7ccccc7)c7ccccc7n6)c5)c3cc21)-c1ccccc1C4(C)C. The number of aromatic nitrogens is 3. The number of rotatable bonds is 3. The molecule has 2 aliphatic rings. The molecule has 234 valence electrons. The number of hydrogen-bond donors (Lipinski definition) is 0. The molecule has 0 aliphatic heterocycles. The van der Waals surface area contributed by atoms with E-state index in [1.165, 1.54) is 55.5 Å². The van der Waals surface area contributed by atoms with Gasteiger partial charge in [0, 0.05) is 44.0 Å². The summed E-state index contributed by atoms with van der Waals surface area (Å²) < 4.78 is 2.51. The first kappa shape index (κ1) is 28.2. The highest BCUT2D eigenvalue weighted by atomic mass is 15.0. The molecule has 0 amide bonds. The van der Waals surface area contributed by atoms with Crippen LogP contribution in [0.2, 0.25) is 0 Å². The second-order valence-corrected chi connectivity index (χ2v) is 14.6. The molecule has 49 heavy (non-hydrogen) atoms. The molecule has 0 fully saturated rings. The van der Waals surface area contributed by atoms with E-state index in [1.54, 1.807) is 0 Å². The van der Waals surface area contributed by atoms with Crippen molar-refractivity contribution in [2.24, 2.45) is 0 Å². The fraction of sp³-hybridized carbons (Fsp3) is 0.130. The highest BCUT2D eigenvalue weighted by molar-refractivity contribution is 6.03. The van der Waals surface area contributed by atoms with Gasteiger partial charge in [0.25, 0.3) is 0 Å². The van der Waals surface area contributed by atoms with Crippen LogP contribution in [0.4, 0.5) is 0 Å². The van der Waals surface area contributed by atoms with E-state index in [1.807, 2.05) is 6.07 Å². The summed E-state index contributed by atoms with van der Waals surface area (Å²) >= 11 is 0. The van der Waals surface area contributed by atoms with Crippen molar-refractivity contribution in [2.45, 2.75) is 38.5 Å². The Morgan fingerprint density at radius 3 is 1.98 bits per heavy atom. The molecule has 10 rings (SSSR count). The molecule has 0 radical (unpaired) electrons. The molecule has 0 saturated heterocycles. The second-order valence-electron chi connectivity index (χ2n) is 14.6. The fourth-order valence-electron chi connectivity index (χ4n) is 8.81. The third-order valence-corrected chi connectivity index (χ3v) is 11.2. The molecule has 0 atom stereocenters. The number of hydrogen-bond acceptors (Lipinski definition) is 2. The minimum Gasteiger partial charge on any atom is -0.309 e. The largest absolute Gasteiger partial charge is 0.309 e. The number of para-hydroxylation sites is 1. The maximum Gasteiger partial charge on any atom is 0.160 e. The molecule has 8 aromatic rings. The van der Waals surface area contributed by atoms with Crippen molar-refractivity contribution >= 4 is 21.8 Å². The second kappa shape index (κ2) is 9.87. The van der Waals surface area contributed by atoms with Gasteiger partial charge >= 0.3 is 0 Å². The molecule has 0 unspecified atom stereocenters. The summed E-state index contributed by atoms with van der Waals surface area (Å²) in [6.07, 6.45) is 0. The molecular weight excluding hydrogens is 595 g/mol. The molecule has 3 nitrogen and oxygen atoms in total. The van der Waals surface area contributed by atoms with E-state index in [9.17, 15) is 0 Å². The van der Waals surface area contributed by atoms with Gasteiger partial charge in [0.15, 0.2) is 5.82 Å². The molecular formula is C46H35N3. The zero-order valence-corrected chi connectivity index (χ0v) is 28.1. The van der Waals surface area contributed by atoms with E-state index in [0.29, 0.717) is 0 Å². The van der Waals surface area contributed by atoms with E-state index < -0.39 is 0 Å². The Kier molecular flexibility index (Phi) is 5.69. The quantitative estimate of drug-likeness (QED) is 0.195. The van der Waals surface area contributed by atoms with Crippen LogP contribution in [0, 0.1) is 0 Å². The molecule has 2 aliphatic carbocycles. The molecule has 2 aromatic heterocycles. The van der Waals surface area contributed by atoms with E-state index in [4.69, 9.17) is 9.97 Å². The van der Waals surface area contributed by atoms with Gasteiger partial charge in [-0.15, -0.1) is 0 Å². The Bertz CT molecular complexity index is 2660. The van der Waals surface area contributed by atoms with Gasteiger partial charge in [0.05, 0.1) is 22.4 Å². The van der Waals surface area contributed by atoms with Crippen molar-refractivity contribution < 1.29 is 0 Å². The lowest BCUT2D eigenvalue weighted by Crippen LogP contribution is -2.15. The molecule has 0 bridgehead atoms. The summed E-state index contributed by atoms with van der Waals surface area (Å²) in [5.41, 5.74) is 16.9. The van der Waals surface area contributed by atoms with Crippen molar-refractivity contribution in [1.29, 1.82) is 0 Å². The van der Waals surface area contributed by atoms with Gasteiger partial charge in [0.1, 0.15) is 0 Å². The van der Waals surface area contributed by atoms with Gasteiger partial charge in [-0.2, -0.15) is 0 Å². The minimum atomic E-state index is -0.152. The lowest BCUT2D eigenvalue weighted by molar-refractivity contribution is 0.660. The maximum absolute atomic E-state index is 5.23. The zero-order chi connectivity index (χ0) is 33.1. The molecule has 0 N–H and O–H groups in total. The molecule has 6 aromatic carbocycles. The number of benzene rings is 6. The van der Waals surface area contributed by atoms with E-state index in [2.05, 4.69) is 166 Å². The van der Waals surface area contributed by atoms with Crippen molar-refractivity contribution in [3.63, 3.8) is 0 Å². The van der Waals surface area contributed by atoms with Crippen LogP contribution < -0.4 is 0 Å². The van der Waals surface area contributed by atoms with Crippen LogP contribution in [-0.4, -0.2) is 14.5 Å². The van der Waals surface area contributed by atoms with Crippen LogP contribution in [0.25, 0.3) is 72.5 Å². The first-order valence-electron chi connectivity index (χ1n) is 17.2. The maximum atomic E-state index is 5.23. The van der Waals surface area contributed by atoms with Crippen molar-refractivity contribution in [3.05, 3.63) is 162 Å². The zero-order valence-electron chi connectivity index (χ0n) is 28.1. The van der Waals surface area contributed by atoms with E-state index in [-0.39, 0.29) is 10.8 Å². The Morgan fingerprint density at radius 2 is 1.16 bits per heavy atom. The average Bonchev–Trinajstić information content (AvgIpc) is 3.68. The minimum absolute atomic E-state index is 0.0955. The molecule has 0 saturated carbocycles. The molecule has 2 heterocycles. The number of fused-ring (bicyclic) bond motifs is 9. The predicted octanol–water partition coefficient (Wildman–Crippen LogP) is 11.5. The van der Waals surface area contributed by atoms with Crippen molar-refractivity contribution in [1.82, 2.24) is 14.5 Å². The van der Waals surface area contributed by atoms with Crippen LogP contribution in [-0.2, 0) is 10.8 Å². The Labute approximate surface area is 286 Å². The summed E-state index contributed by atoms with van der Waals surface area (Å²) in [5.74, 6) is 0.728. The summed E-state index contributed by atoms with van der Waals surface area (Å²) in [6, 6.07) is 50.4. The van der Waals surface area contributed by atoms with Gasteiger partial charge in [-0.1, -0.05) is 137 Å². The van der Waals surface area contributed by atoms with Gasteiger partial charge < -0.3 is 4.57 Å². The number of nitrogens with zero attached hydrogens (tertiary/aromatic N) is 3. The van der Waals surface area contributed by atoms with E-state index >= 15 is 0 Å². The lowest BCUT2D eigenvalue weighted by atomic mass is 9.80. The Hall–Kier alpha value is -5.80. The normalized spacial score (nSPS) is 14.9. The van der Waals surface area contributed by atoms with Crippen molar-refractivity contribution in [2.75, 3.05) is 0 Å². The molecule has 3 heteroatoms. The Morgan fingerprint density at radius 1 is 0.490 bits per heavy atom. The van der Waals surface area contributed by atoms with Crippen molar-refractivity contribution in [3.8, 4) is 50.7 Å². The topological polar surface area (TPSA) is 30.7 Å². The smallest absolute Gasteiger partial charge is 0.160 e. The van der Waals surface area contributed by atoms with Crippen LogP contribution in [0.3, 0.4) is 0 Å².